The fraction of sp³-hybridized carbons (Fsp3) is 0.333. The van der Waals surface area contributed by atoms with Crippen molar-refractivity contribution in [3.05, 3.63) is 33.3 Å². The lowest BCUT2D eigenvalue weighted by Gasteiger charge is -2.14. The summed E-state index contributed by atoms with van der Waals surface area (Å²) in [7, 11) is 0. The molecule has 0 aliphatic carbocycles. The molecule has 90 valence electrons. The van der Waals surface area contributed by atoms with Gasteiger partial charge in [-0.1, -0.05) is 18.5 Å². The van der Waals surface area contributed by atoms with E-state index < -0.39 is 0 Å². The molecule has 1 amide bonds. The maximum atomic E-state index is 11.9. The monoisotopic (exact) mass is 314 g/mol. The van der Waals surface area contributed by atoms with Gasteiger partial charge in [-0.25, -0.2) is 0 Å². The Hall–Kier alpha value is -1.05. The van der Waals surface area contributed by atoms with Crippen molar-refractivity contribution >= 4 is 33.4 Å². The molecular formula is C12H12BrClN2O. The summed E-state index contributed by atoms with van der Waals surface area (Å²) in [6, 6.07) is 6.92. The number of nitrogens with one attached hydrogen (secondary N) is 1. The van der Waals surface area contributed by atoms with E-state index in [0.29, 0.717) is 21.5 Å². The van der Waals surface area contributed by atoms with Crippen molar-refractivity contribution in [2.45, 2.75) is 25.8 Å². The summed E-state index contributed by atoms with van der Waals surface area (Å²) in [5.74, 6) is -0.198. The molecule has 3 nitrogen and oxygen atoms in total. The summed E-state index contributed by atoms with van der Waals surface area (Å²) >= 11 is 9.09. The largest absolute Gasteiger partial charge is 0.348 e. The van der Waals surface area contributed by atoms with Crippen LogP contribution in [0.5, 0.6) is 0 Å². The van der Waals surface area contributed by atoms with E-state index >= 15 is 0 Å². The minimum atomic E-state index is -0.198. The van der Waals surface area contributed by atoms with E-state index in [1.54, 1.807) is 18.2 Å². The zero-order valence-electron chi connectivity index (χ0n) is 9.34. The highest BCUT2D eigenvalue weighted by molar-refractivity contribution is 9.10. The summed E-state index contributed by atoms with van der Waals surface area (Å²) in [6.07, 6.45) is 1.04. The fourth-order valence-corrected chi connectivity index (χ4v) is 2.21. The topological polar surface area (TPSA) is 52.9 Å². The highest BCUT2D eigenvalue weighted by Crippen LogP contribution is 2.21. The van der Waals surface area contributed by atoms with Gasteiger partial charge in [0, 0.05) is 15.5 Å². The molecular weight excluding hydrogens is 304 g/mol. The van der Waals surface area contributed by atoms with E-state index in [0.717, 1.165) is 6.42 Å². The van der Waals surface area contributed by atoms with Crippen LogP contribution in [0.1, 0.15) is 30.1 Å². The van der Waals surface area contributed by atoms with Gasteiger partial charge in [0.1, 0.15) is 0 Å². The van der Waals surface area contributed by atoms with E-state index in [2.05, 4.69) is 27.3 Å². The van der Waals surface area contributed by atoms with E-state index in [-0.39, 0.29) is 11.9 Å². The molecule has 17 heavy (non-hydrogen) atoms. The van der Waals surface area contributed by atoms with Gasteiger partial charge in [-0.05, 0) is 40.5 Å². The summed E-state index contributed by atoms with van der Waals surface area (Å²) in [5, 5.41) is 12.0. The van der Waals surface area contributed by atoms with Crippen LogP contribution in [0, 0.1) is 11.3 Å². The fourth-order valence-electron chi connectivity index (χ4n) is 1.34. The molecule has 0 heterocycles. The first kappa shape index (κ1) is 14.0. The number of nitrogens with zero attached hydrogens (tertiary/aromatic N) is 1. The first-order chi connectivity index (χ1) is 8.08. The predicted octanol–water partition coefficient (Wildman–Crippen LogP) is 3.52. The van der Waals surface area contributed by atoms with Gasteiger partial charge >= 0.3 is 0 Å². The Labute approximate surface area is 114 Å². The highest BCUT2D eigenvalue weighted by atomic mass is 79.9. The maximum Gasteiger partial charge on any atom is 0.252 e. The number of nitriles is 1. The molecule has 1 unspecified atom stereocenters. The smallest absolute Gasteiger partial charge is 0.252 e. The molecule has 0 saturated heterocycles. The van der Waals surface area contributed by atoms with Crippen molar-refractivity contribution in [2.75, 3.05) is 0 Å². The summed E-state index contributed by atoms with van der Waals surface area (Å²) in [5.41, 5.74) is 0.519. The SMILES string of the molecule is CCC(CC#N)NC(=O)c1ccc(Cl)cc1Br. The van der Waals surface area contributed by atoms with Crippen LogP contribution in [0.2, 0.25) is 5.02 Å². The summed E-state index contributed by atoms with van der Waals surface area (Å²) < 4.78 is 0.648. The quantitative estimate of drug-likeness (QED) is 0.924. The van der Waals surface area contributed by atoms with Crippen LogP contribution < -0.4 is 5.32 Å². The molecule has 5 heteroatoms. The third-order valence-electron chi connectivity index (χ3n) is 2.34. The first-order valence-corrected chi connectivity index (χ1v) is 6.38. The second kappa shape index (κ2) is 6.63. The van der Waals surface area contributed by atoms with Crippen molar-refractivity contribution in [3.63, 3.8) is 0 Å². The molecule has 0 saturated carbocycles. The molecule has 0 aromatic heterocycles. The van der Waals surface area contributed by atoms with Gasteiger partial charge in [0.15, 0.2) is 0 Å². The Kier molecular flexibility index (Phi) is 5.46. The maximum absolute atomic E-state index is 11.9. The van der Waals surface area contributed by atoms with Gasteiger partial charge in [0.05, 0.1) is 18.1 Å². The standard InChI is InChI=1S/C12H12BrClN2O/c1-2-9(5-6-15)16-12(17)10-4-3-8(14)7-11(10)13/h3-4,7,9H,2,5H2,1H3,(H,16,17). The molecule has 0 aliphatic heterocycles. The number of halogens is 2. The molecule has 1 rings (SSSR count). The predicted molar refractivity (Wildman–Crippen MR) is 70.9 cm³/mol. The van der Waals surface area contributed by atoms with Crippen LogP contribution in [-0.2, 0) is 0 Å². The third-order valence-corrected chi connectivity index (χ3v) is 3.23. The van der Waals surface area contributed by atoms with E-state index in [4.69, 9.17) is 16.9 Å². The van der Waals surface area contributed by atoms with Crippen LogP contribution >= 0.6 is 27.5 Å². The van der Waals surface area contributed by atoms with Gasteiger partial charge in [-0.15, -0.1) is 0 Å². The molecule has 1 aromatic carbocycles. The normalized spacial score (nSPS) is 11.6. The molecule has 0 bridgehead atoms. The molecule has 1 N–H and O–H groups in total. The molecule has 1 aromatic rings. The van der Waals surface area contributed by atoms with E-state index in [1.807, 2.05) is 6.92 Å². The van der Waals surface area contributed by atoms with E-state index in [9.17, 15) is 4.79 Å². The number of carbonyl (C=O) groups excluding carboxylic acids is 1. The Morgan fingerprint density at radius 2 is 2.35 bits per heavy atom. The number of rotatable bonds is 4. The number of amides is 1. The average Bonchev–Trinajstić information content (AvgIpc) is 2.28. The second-order valence-corrected chi connectivity index (χ2v) is 4.86. The molecule has 0 spiro atoms. The van der Waals surface area contributed by atoms with Gasteiger partial charge < -0.3 is 5.32 Å². The van der Waals surface area contributed by atoms with Crippen LogP contribution in [0.4, 0.5) is 0 Å². The Morgan fingerprint density at radius 1 is 1.65 bits per heavy atom. The lowest BCUT2D eigenvalue weighted by Crippen LogP contribution is -2.34. The van der Waals surface area contributed by atoms with Gasteiger partial charge in [0.2, 0.25) is 0 Å². The summed E-state index contributed by atoms with van der Waals surface area (Å²) in [4.78, 5) is 11.9. The van der Waals surface area contributed by atoms with Crippen LogP contribution in [0.3, 0.4) is 0 Å². The summed E-state index contributed by atoms with van der Waals surface area (Å²) in [6.45, 7) is 1.93. The van der Waals surface area contributed by atoms with Crippen molar-refractivity contribution in [2.24, 2.45) is 0 Å². The lowest BCUT2D eigenvalue weighted by molar-refractivity contribution is 0.0936. The Morgan fingerprint density at radius 3 is 2.88 bits per heavy atom. The number of benzene rings is 1. The molecule has 1 atom stereocenters. The minimum absolute atomic E-state index is 0.116. The van der Waals surface area contributed by atoms with E-state index in [1.165, 1.54) is 0 Å². The molecule has 0 aliphatic rings. The zero-order valence-corrected chi connectivity index (χ0v) is 11.7. The lowest BCUT2D eigenvalue weighted by atomic mass is 10.1. The third kappa shape index (κ3) is 4.03. The van der Waals surface area contributed by atoms with Crippen LogP contribution in [0.25, 0.3) is 0 Å². The van der Waals surface area contributed by atoms with Gasteiger partial charge in [-0.3, -0.25) is 4.79 Å². The van der Waals surface area contributed by atoms with Crippen LogP contribution in [-0.4, -0.2) is 11.9 Å². The number of carbonyl (C=O) groups is 1. The van der Waals surface area contributed by atoms with Crippen molar-refractivity contribution in [1.82, 2.24) is 5.32 Å². The van der Waals surface area contributed by atoms with Gasteiger partial charge in [0.25, 0.3) is 5.91 Å². The van der Waals surface area contributed by atoms with Crippen molar-refractivity contribution in [1.29, 1.82) is 5.26 Å². The average molecular weight is 316 g/mol. The Bertz CT molecular complexity index is 456. The Balaban J connectivity index is 2.79. The molecule has 0 fully saturated rings. The van der Waals surface area contributed by atoms with Crippen LogP contribution in [0.15, 0.2) is 22.7 Å². The number of hydrogen-bond donors (Lipinski definition) is 1. The zero-order chi connectivity index (χ0) is 12.8. The first-order valence-electron chi connectivity index (χ1n) is 5.21. The van der Waals surface area contributed by atoms with Gasteiger partial charge in [-0.2, -0.15) is 5.26 Å². The molecule has 0 radical (unpaired) electrons. The number of hydrogen-bond acceptors (Lipinski definition) is 2. The second-order valence-electron chi connectivity index (χ2n) is 3.57. The van der Waals surface area contributed by atoms with Crippen molar-refractivity contribution < 1.29 is 4.79 Å². The minimum Gasteiger partial charge on any atom is -0.348 e. The highest BCUT2D eigenvalue weighted by Gasteiger charge is 2.14. The van der Waals surface area contributed by atoms with Crippen molar-refractivity contribution in [3.8, 4) is 6.07 Å².